The van der Waals surface area contributed by atoms with Gasteiger partial charge in [0.15, 0.2) is 11.6 Å². The first-order valence-electron chi connectivity index (χ1n) is 6.48. The molecule has 1 saturated heterocycles. The molecular weight excluding hydrogens is 274 g/mol. The van der Waals surface area contributed by atoms with Crippen LogP contribution < -0.4 is 5.32 Å². The van der Waals surface area contributed by atoms with E-state index in [0.717, 1.165) is 31.5 Å². The standard InChI is InChI=1S/C11H13N5O.C2H4O2/c1-15-6-4-12-9(15)10-13-5-7-16(10)8-2-3-14-11(8)17;1-2(3)4/h4-8H,2-3H2,1H3,(H,14,17);1H3,(H,3,4). The van der Waals surface area contributed by atoms with E-state index in [1.165, 1.54) is 0 Å². The van der Waals surface area contributed by atoms with Crippen molar-refractivity contribution in [1.82, 2.24) is 24.4 Å². The third-order valence-electron chi connectivity index (χ3n) is 3.05. The quantitative estimate of drug-likeness (QED) is 0.835. The Hall–Kier alpha value is -2.64. The number of aliphatic carboxylic acids is 1. The van der Waals surface area contributed by atoms with E-state index in [9.17, 15) is 4.79 Å². The molecule has 1 aliphatic rings. The lowest BCUT2D eigenvalue weighted by atomic mass is 10.2. The average molecular weight is 291 g/mol. The second-order valence-electron chi connectivity index (χ2n) is 4.63. The van der Waals surface area contributed by atoms with Crippen molar-refractivity contribution >= 4 is 11.9 Å². The van der Waals surface area contributed by atoms with Gasteiger partial charge in [-0.3, -0.25) is 9.59 Å². The highest BCUT2D eigenvalue weighted by Gasteiger charge is 2.28. The molecular formula is C13H17N5O3. The average Bonchev–Trinajstić information content (AvgIpc) is 3.08. The number of hydrogen-bond donors (Lipinski definition) is 2. The van der Waals surface area contributed by atoms with Crippen molar-refractivity contribution in [3.05, 3.63) is 24.8 Å². The highest BCUT2D eigenvalue weighted by Crippen LogP contribution is 2.23. The number of carbonyl (C=O) groups is 2. The van der Waals surface area contributed by atoms with Crippen LogP contribution in [0.4, 0.5) is 0 Å². The minimum absolute atomic E-state index is 0.0541. The summed E-state index contributed by atoms with van der Waals surface area (Å²) < 4.78 is 3.79. The fourth-order valence-electron chi connectivity index (χ4n) is 2.17. The second-order valence-corrected chi connectivity index (χ2v) is 4.63. The first kappa shape index (κ1) is 14.8. The number of nitrogens with zero attached hydrogens (tertiary/aromatic N) is 4. The molecule has 1 fully saturated rings. The Morgan fingerprint density at radius 1 is 1.33 bits per heavy atom. The summed E-state index contributed by atoms with van der Waals surface area (Å²) in [6, 6.07) is -0.163. The van der Waals surface area contributed by atoms with E-state index in [0.29, 0.717) is 0 Å². The molecule has 2 aromatic heterocycles. The van der Waals surface area contributed by atoms with Crippen LogP contribution >= 0.6 is 0 Å². The molecule has 3 rings (SSSR count). The van der Waals surface area contributed by atoms with Crippen molar-refractivity contribution in [2.45, 2.75) is 19.4 Å². The lowest BCUT2D eigenvalue weighted by Gasteiger charge is -2.12. The molecule has 2 aromatic rings. The van der Waals surface area contributed by atoms with Crippen LogP contribution in [-0.2, 0) is 16.6 Å². The highest BCUT2D eigenvalue weighted by atomic mass is 16.4. The Morgan fingerprint density at radius 2 is 1.95 bits per heavy atom. The first-order chi connectivity index (χ1) is 10.0. The molecule has 0 aliphatic carbocycles. The van der Waals surface area contributed by atoms with Gasteiger partial charge in [0.25, 0.3) is 5.97 Å². The van der Waals surface area contributed by atoms with E-state index < -0.39 is 5.97 Å². The predicted octanol–water partition coefficient (Wildman–Crippen LogP) is 0.435. The fraction of sp³-hybridized carbons (Fsp3) is 0.385. The zero-order chi connectivity index (χ0) is 15.4. The van der Waals surface area contributed by atoms with Crippen LogP contribution in [0.3, 0.4) is 0 Å². The van der Waals surface area contributed by atoms with Gasteiger partial charge in [-0.25, -0.2) is 9.97 Å². The van der Waals surface area contributed by atoms with E-state index in [4.69, 9.17) is 9.90 Å². The Labute approximate surface area is 121 Å². The Kier molecular flexibility index (Phi) is 4.36. The third-order valence-corrected chi connectivity index (χ3v) is 3.05. The number of nitrogens with one attached hydrogen (secondary N) is 1. The molecule has 1 unspecified atom stereocenters. The van der Waals surface area contributed by atoms with Gasteiger partial charge < -0.3 is 19.6 Å². The second kappa shape index (κ2) is 6.21. The summed E-state index contributed by atoms with van der Waals surface area (Å²) in [5, 5.41) is 10.2. The number of carboxylic acid groups (broad SMARTS) is 1. The molecule has 21 heavy (non-hydrogen) atoms. The number of carbonyl (C=O) groups excluding carboxylic acids is 1. The number of rotatable bonds is 2. The normalized spacial score (nSPS) is 17.0. The van der Waals surface area contributed by atoms with E-state index in [1.54, 1.807) is 12.4 Å². The number of aromatic nitrogens is 4. The molecule has 0 radical (unpaired) electrons. The monoisotopic (exact) mass is 291 g/mol. The topological polar surface area (TPSA) is 102 Å². The largest absolute Gasteiger partial charge is 0.481 e. The van der Waals surface area contributed by atoms with Gasteiger partial charge in [-0.15, -0.1) is 0 Å². The van der Waals surface area contributed by atoms with Crippen molar-refractivity contribution in [3.63, 3.8) is 0 Å². The third kappa shape index (κ3) is 3.28. The summed E-state index contributed by atoms with van der Waals surface area (Å²) in [5.41, 5.74) is 0. The zero-order valence-corrected chi connectivity index (χ0v) is 11.9. The van der Waals surface area contributed by atoms with E-state index >= 15 is 0 Å². The SMILES string of the molecule is CC(=O)O.Cn1ccnc1-c1nccn1C1CCNC1=O. The van der Waals surface area contributed by atoms with Gasteiger partial charge in [-0.1, -0.05) is 0 Å². The summed E-state index contributed by atoms with van der Waals surface area (Å²) in [7, 11) is 1.91. The van der Waals surface area contributed by atoms with E-state index in [2.05, 4.69) is 15.3 Å². The summed E-state index contributed by atoms with van der Waals surface area (Å²) in [6.07, 6.45) is 7.92. The van der Waals surface area contributed by atoms with Crippen LogP contribution in [0.5, 0.6) is 0 Å². The van der Waals surface area contributed by atoms with Crippen molar-refractivity contribution in [2.75, 3.05) is 6.54 Å². The van der Waals surface area contributed by atoms with Crippen LogP contribution in [0.1, 0.15) is 19.4 Å². The number of imidazole rings is 2. The van der Waals surface area contributed by atoms with Gasteiger partial charge in [0.1, 0.15) is 6.04 Å². The Morgan fingerprint density at radius 3 is 2.48 bits per heavy atom. The molecule has 0 aromatic carbocycles. The smallest absolute Gasteiger partial charge is 0.300 e. The van der Waals surface area contributed by atoms with Crippen molar-refractivity contribution < 1.29 is 14.7 Å². The minimum atomic E-state index is -0.833. The van der Waals surface area contributed by atoms with E-state index in [1.807, 2.05) is 28.6 Å². The number of amides is 1. The molecule has 8 heteroatoms. The Balaban J connectivity index is 0.000000361. The molecule has 0 spiro atoms. The maximum atomic E-state index is 11.7. The number of carboxylic acids is 1. The van der Waals surface area contributed by atoms with Gasteiger partial charge in [-0.2, -0.15) is 0 Å². The summed E-state index contributed by atoms with van der Waals surface area (Å²) >= 11 is 0. The number of hydrogen-bond acceptors (Lipinski definition) is 4. The summed E-state index contributed by atoms with van der Waals surface area (Å²) in [5.74, 6) is 0.729. The zero-order valence-electron chi connectivity index (χ0n) is 11.9. The van der Waals surface area contributed by atoms with Crippen LogP contribution in [0.25, 0.3) is 11.6 Å². The fourth-order valence-corrected chi connectivity index (χ4v) is 2.17. The van der Waals surface area contributed by atoms with Gasteiger partial charge in [0.05, 0.1) is 0 Å². The van der Waals surface area contributed by atoms with Crippen molar-refractivity contribution in [3.8, 4) is 11.6 Å². The maximum absolute atomic E-state index is 11.7. The van der Waals surface area contributed by atoms with Crippen LogP contribution in [0, 0.1) is 0 Å². The molecule has 3 heterocycles. The molecule has 0 saturated carbocycles. The highest BCUT2D eigenvalue weighted by molar-refractivity contribution is 5.82. The number of aryl methyl sites for hydroxylation is 1. The van der Waals surface area contributed by atoms with Crippen LogP contribution in [-0.4, -0.2) is 42.6 Å². The summed E-state index contributed by atoms with van der Waals surface area (Å²) in [6.45, 7) is 1.81. The van der Waals surface area contributed by atoms with Gasteiger partial charge in [-0.05, 0) is 6.42 Å². The van der Waals surface area contributed by atoms with Gasteiger partial charge in [0.2, 0.25) is 5.91 Å². The minimum Gasteiger partial charge on any atom is -0.481 e. The van der Waals surface area contributed by atoms with Crippen LogP contribution in [0.15, 0.2) is 24.8 Å². The molecule has 2 N–H and O–H groups in total. The molecule has 1 aliphatic heterocycles. The Bertz CT molecular complexity index is 642. The lowest BCUT2D eigenvalue weighted by Crippen LogP contribution is -2.22. The molecule has 112 valence electrons. The maximum Gasteiger partial charge on any atom is 0.300 e. The lowest BCUT2D eigenvalue weighted by molar-refractivity contribution is -0.134. The van der Waals surface area contributed by atoms with Crippen LogP contribution in [0.2, 0.25) is 0 Å². The molecule has 0 bridgehead atoms. The molecule has 8 nitrogen and oxygen atoms in total. The van der Waals surface area contributed by atoms with Crippen molar-refractivity contribution in [2.24, 2.45) is 7.05 Å². The van der Waals surface area contributed by atoms with Gasteiger partial charge in [0, 0.05) is 45.3 Å². The molecule has 1 amide bonds. The van der Waals surface area contributed by atoms with E-state index in [-0.39, 0.29) is 11.9 Å². The summed E-state index contributed by atoms with van der Waals surface area (Å²) in [4.78, 5) is 29.3. The first-order valence-corrected chi connectivity index (χ1v) is 6.48. The van der Waals surface area contributed by atoms with Crippen molar-refractivity contribution in [1.29, 1.82) is 0 Å². The predicted molar refractivity (Wildman–Crippen MR) is 74.4 cm³/mol. The molecule has 1 atom stereocenters. The van der Waals surface area contributed by atoms with Gasteiger partial charge >= 0.3 is 0 Å².